The van der Waals surface area contributed by atoms with E-state index in [1.54, 1.807) is 12.1 Å². The Labute approximate surface area is 93.2 Å². The van der Waals surface area contributed by atoms with E-state index in [1.165, 1.54) is 7.11 Å². The third-order valence-corrected chi connectivity index (χ3v) is 2.45. The molecule has 15 heavy (non-hydrogen) atoms. The molecule has 0 unspecified atom stereocenters. The Morgan fingerprint density at radius 3 is 2.73 bits per heavy atom. The van der Waals surface area contributed by atoms with Gasteiger partial charge in [-0.15, -0.1) is 0 Å². The van der Waals surface area contributed by atoms with Gasteiger partial charge in [0.2, 0.25) is 0 Å². The minimum absolute atomic E-state index is 0.254. The largest absolute Gasteiger partial charge is 0.493 e. The summed E-state index contributed by atoms with van der Waals surface area (Å²) in [6.07, 6.45) is 2.36. The maximum Gasteiger partial charge on any atom is 0.180 e. The van der Waals surface area contributed by atoms with Gasteiger partial charge in [0.15, 0.2) is 11.5 Å². The predicted molar refractivity (Wildman–Crippen MR) is 56.4 cm³/mol. The van der Waals surface area contributed by atoms with Crippen molar-refractivity contribution in [1.82, 2.24) is 0 Å². The second kappa shape index (κ2) is 4.00. The number of nitriles is 1. The van der Waals surface area contributed by atoms with Gasteiger partial charge in [-0.05, 0) is 18.9 Å². The lowest BCUT2D eigenvalue weighted by Crippen LogP contribution is -1.99. The molecule has 0 N–H and O–H groups in total. The van der Waals surface area contributed by atoms with Crippen LogP contribution in [-0.4, -0.2) is 13.2 Å². The van der Waals surface area contributed by atoms with Gasteiger partial charge < -0.3 is 9.47 Å². The van der Waals surface area contributed by atoms with Crippen LogP contribution in [0.2, 0.25) is 5.02 Å². The first kappa shape index (κ1) is 10.1. The van der Waals surface area contributed by atoms with E-state index in [1.807, 2.05) is 6.07 Å². The average Bonchev–Trinajstić information content (AvgIpc) is 3.04. The van der Waals surface area contributed by atoms with Gasteiger partial charge in [0.1, 0.15) is 0 Å². The minimum Gasteiger partial charge on any atom is -0.493 e. The summed E-state index contributed by atoms with van der Waals surface area (Å²) in [6, 6.07) is 5.23. The number of ether oxygens (including phenoxy) is 2. The lowest BCUT2D eigenvalue weighted by molar-refractivity contribution is 0.282. The van der Waals surface area contributed by atoms with Crippen molar-refractivity contribution in [3.05, 3.63) is 22.7 Å². The fourth-order valence-electron chi connectivity index (χ4n) is 1.25. The van der Waals surface area contributed by atoms with Gasteiger partial charge in [-0.1, -0.05) is 11.6 Å². The van der Waals surface area contributed by atoms with Crippen molar-refractivity contribution in [1.29, 1.82) is 5.26 Å². The predicted octanol–water partition coefficient (Wildman–Crippen LogP) is 2.76. The zero-order valence-corrected chi connectivity index (χ0v) is 9.04. The van der Waals surface area contributed by atoms with Crippen molar-refractivity contribution in [3.8, 4) is 17.6 Å². The molecule has 0 saturated heterocycles. The lowest BCUT2D eigenvalue weighted by Gasteiger charge is -2.11. The number of halogens is 1. The molecule has 1 aliphatic carbocycles. The Hall–Kier alpha value is -1.40. The third-order valence-electron chi connectivity index (χ3n) is 2.17. The SMILES string of the molecule is COc1cc(C#N)cc(Cl)c1OC1CC1. The lowest BCUT2D eigenvalue weighted by atomic mass is 10.2. The van der Waals surface area contributed by atoms with Gasteiger partial charge in [0, 0.05) is 6.07 Å². The maximum atomic E-state index is 8.76. The number of benzene rings is 1. The maximum absolute atomic E-state index is 8.76. The first-order chi connectivity index (χ1) is 7.24. The van der Waals surface area contributed by atoms with E-state index in [0.717, 1.165) is 12.8 Å². The first-order valence-corrected chi connectivity index (χ1v) is 5.06. The van der Waals surface area contributed by atoms with Crippen molar-refractivity contribution < 1.29 is 9.47 Å². The molecule has 0 atom stereocenters. The van der Waals surface area contributed by atoms with Gasteiger partial charge >= 0.3 is 0 Å². The summed E-state index contributed by atoms with van der Waals surface area (Å²) in [7, 11) is 1.53. The summed E-state index contributed by atoms with van der Waals surface area (Å²) in [5, 5.41) is 9.19. The molecule has 1 saturated carbocycles. The Balaban J connectivity index is 2.37. The average molecular weight is 224 g/mol. The van der Waals surface area contributed by atoms with Crippen molar-refractivity contribution in [3.63, 3.8) is 0 Å². The molecule has 1 aliphatic rings. The summed E-state index contributed by atoms with van der Waals surface area (Å²) in [5.74, 6) is 1.06. The topological polar surface area (TPSA) is 42.2 Å². The molecule has 78 valence electrons. The fourth-order valence-corrected chi connectivity index (χ4v) is 1.51. The molecule has 0 aromatic heterocycles. The van der Waals surface area contributed by atoms with Crippen LogP contribution in [0.4, 0.5) is 0 Å². The van der Waals surface area contributed by atoms with Crippen molar-refractivity contribution in [2.24, 2.45) is 0 Å². The highest BCUT2D eigenvalue weighted by molar-refractivity contribution is 6.32. The number of hydrogen-bond donors (Lipinski definition) is 0. The monoisotopic (exact) mass is 223 g/mol. The molecule has 0 amide bonds. The van der Waals surface area contributed by atoms with Crippen LogP contribution in [-0.2, 0) is 0 Å². The highest BCUT2D eigenvalue weighted by Crippen LogP contribution is 2.39. The Morgan fingerprint density at radius 1 is 1.47 bits per heavy atom. The zero-order valence-electron chi connectivity index (χ0n) is 8.29. The first-order valence-electron chi connectivity index (χ1n) is 4.69. The summed E-state index contributed by atoms with van der Waals surface area (Å²) in [4.78, 5) is 0. The quantitative estimate of drug-likeness (QED) is 0.791. The normalized spacial score (nSPS) is 14.5. The molecule has 4 heteroatoms. The third kappa shape index (κ3) is 2.16. The van der Waals surface area contributed by atoms with Crippen molar-refractivity contribution in [2.45, 2.75) is 18.9 Å². The van der Waals surface area contributed by atoms with Gasteiger partial charge in [-0.2, -0.15) is 5.26 Å². The van der Waals surface area contributed by atoms with E-state index in [9.17, 15) is 0 Å². The summed E-state index contributed by atoms with van der Waals surface area (Å²) in [5.41, 5.74) is 0.472. The van der Waals surface area contributed by atoms with Crippen LogP contribution >= 0.6 is 11.6 Å². The number of nitrogens with zero attached hydrogens (tertiary/aromatic N) is 1. The van der Waals surface area contributed by atoms with Crippen molar-refractivity contribution >= 4 is 11.6 Å². The Morgan fingerprint density at radius 2 is 2.20 bits per heavy atom. The van der Waals surface area contributed by atoms with Gasteiger partial charge in [-0.25, -0.2) is 0 Å². The van der Waals surface area contributed by atoms with Crippen LogP contribution in [0.5, 0.6) is 11.5 Å². The number of methoxy groups -OCH3 is 1. The summed E-state index contributed by atoms with van der Waals surface area (Å²) < 4.78 is 10.7. The van der Waals surface area contributed by atoms with Crippen LogP contribution in [0, 0.1) is 11.3 Å². The smallest absolute Gasteiger partial charge is 0.180 e. The van der Waals surface area contributed by atoms with E-state index >= 15 is 0 Å². The Kier molecular flexibility index (Phi) is 2.70. The van der Waals surface area contributed by atoms with E-state index in [4.69, 9.17) is 26.3 Å². The molecular formula is C11H10ClNO2. The highest BCUT2D eigenvalue weighted by Gasteiger charge is 2.26. The fraction of sp³-hybridized carbons (Fsp3) is 0.364. The van der Waals surface area contributed by atoms with Crippen LogP contribution in [0.25, 0.3) is 0 Å². The molecule has 0 heterocycles. The molecule has 0 radical (unpaired) electrons. The van der Waals surface area contributed by atoms with Gasteiger partial charge in [-0.3, -0.25) is 0 Å². The molecule has 0 bridgehead atoms. The van der Waals surface area contributed by atoms with Crippen LogP contribution in [0.3, 0.4) is 0 Å². The number of hydrogen-bond acceptors (Lipinski definition) is 3. The molecule has 3 nitrogen and oxygen atoms in total. The second-order valence-electron chi connectivity index (χ2n) is 3.42. The summed E-state index contributed by atoms with van der Waals surface area (Å²) in [6.45, 7) is 0. The Bertz CT molecular complexity index is 421. The zero-order chi connectivity index (χ0) is 10.8. The molecule has 1 fully saturated rings. The summed E-state index contributed by atoms with van der Waals surface area (Å²) >= 11 is 6.01. The minimum atomic E-state index is 0.254. The highest BCUT2D eigenvalue weighted by atomic mass is 35.5. The number of rotatable bonds is 3. The molecular weight excluding hydrogens is 214 g/mol. The molecule has 2 rings (SSSR count). The standard InChI is InChI=1S/C11H10ClNO2/c1-14-10-5-7(6-13)4-9(12)11(10)15-8-2-3-8/h4-5,8H,2-3H2,1H3. The molecule has 0 aliphatic heterocycles. The van der Waals surface area contributed by atoms with E-state index in [2.05, 4.69) is 0 Å². The second-order valence-corrected chi connectivity index (χ2v) is 3.83. The van der Waals surface area contributed by atoms with Crippen LogP contribution < -0.4 is 9.47 Å². The van der Waals surface area contributed by atoms with E-state index in [-0.39, 0.29) is 6.10 Å². The molecule has 1 aromatic carbocycles. The van der Waals surface area contributed by atoms with Gasteiger partial charge in [0.05, 0.1) is 29.9 Å². The molecule has 1 aromatic rings. The van der Waals surface area contributed by atoms with Gasteiger partial charge in [0.25, 0.3) is 0 Å². The van der Waals surface area contributed by atoms with Crippen LogP contribution in [0.15, 0.2) is 12.1 Å². The van der Waals surface area contributed by atoms with Crippen LogP contribution in [0.1, 0.15) is 18.4 Å². The van der Waals surface area contributed by atoms with Crippen molar-refractivity contribution in [2.75, 3.05) is 7.11 Å². The molecule has 0 spiro atoms. The van der Waals surface area contributed by atoms with E-state index in [0.29, 0.717) is 22.1 Å². The van der Waals surface area contributed by atoms with E-state index < -0.39 is 0 Å².